The number of hydrogen-bond acceptors (Lipinski definition) is 5. The number of pyridine rings is 2. The number of anilines is 2. The van der Waals surface area contributed by atoms with Gasteiger partial charge in [0, 0.05) is 49.3 Å². The van der Waals surface area contributed by atoms with Crippen molar-refractivity contribution in [3.05, 3.63) is 59.5 Å². The zero-order chi connectivity index (χ0) is 18.0. The topological polar surface area (TPSA) is 78.4 Å². The predicted molar refractivity (Wildman–Crippen MR) is 99.3 cm³/mol. The zero-order valence-corrected chi connectivity index (χ0v) is 14.4. The van der Waals surface area contributed by atoms with Crippen molar-refractivity contribution in [3.8, 4) is 0 Å². The number of nitrogens with one attached hydrogen (secondary N) is 1. The van der Waals surface area contributed by atoms with Gasteiger partial charge in [0.2, 0.25) is 0 Å². The summed E-state index contributed by atoms with van der Waals surface area (Å²) in [5, 5.41) is 13.3. The van der Waals surface area contributed by atoms with E-state index in [2.05, 4.69) is 32.3 Å². The largest absolute Gasteiger partial charge is 0.477 e. The fourth-order valence-electron chi connectivity index (χ4n) is 2.68. The Balaban J connectivity index is 1.83. The summed E-state index contributed by atoms with van der Waals surface area (Å²) in [4.78, 5) is 21.4. The Hall–Kier alpha value is -3.15. The van der Waals surface area contributed by atoms with E-state index in [1.165, 1.54) is 6.07 Å². The van der Waals surface area contributed by atoms with Crippen LogP contribution in [0.4, 0.5) is 11.4 Å². The molecule has 6 nitrogen and oxygen atoms in total. The third-order valence-corrected chi connectivity index (χ3v) is 3.94. The predicted octanol–water partition coefficient (Wildman–Crippen LogP) is 3.31. The van der Waals surface area contributed by atoms with E-state index in [1.54, 1.807) is 12.3 Å². The number of aromatic carboxylic acids is 1. The molecule has 2 aromatic heterocycles. The Morgan fingerprint density at radius 2 is 2.00 bits per heavy atom. The lowest BCUT2D eigenvalue weighted by Gasteiger charge is -2.17. The number of nitrogens with zero attached hydrogens (tertiary/aromatic N) is 3. The quantitative estimate of drug-likeness (QED) is 0.744. The van der Waals surface area contributed by atoms with Crippen LogP contribution in [0.15, 0.2) is 42.6 Å². The molecule has 3 aromatic rings. The van der Waals surface area contributed by atoms with Crippen molar-refractivity contribution in [2.45, 2.75) is 13.5 Å². The van der Waals surface area contributed by atoms with E-state index in [0.717, 1.165) is 33.5 Å². The van der Waals surface area contributed by atoms with Gasteiger partial charge in [-0.3, -0.25) is 4.98 Å². The van der Waals surface area contributed by atoms with Gasteiger partial charge in [0.15, 0.2) is 0 Å². The highest BCUT2D eigenvalue weighted by atomic mass is 16.4. The molecule has 0 aliphatic heterocycles. The molecular formula is C19H20N4O2. The number of aromatic nitrogens is 2. The Bertz CT molecular complexity index is 921. The minimum Gasteiger partial charge on any atom is -0.477 e. The van der Waals surface area contributed by atoms with Crippen LogP contribution in [-0.4, -0.2) is 35.1 Å². The number of aryl methyl sites for hydroxylation is 1. The third-order valence-electron chi connectivity index (χ3n) is 3.94. The Morgan fingerprint density at radius 1 is 1.20 bits per heavy atom. The van der Waals surface area contributed by atoms with E-state index < -0.39 is 5.97 Å². The monoisotopic (exact) mass is 336 g/mol. The zero-order valence-electron chi connectivity index (χ0n) is 14.4. The molecule has 1 aromatic carbocycles. The fourth-order valence-corrected chi connectivity index (χ4v) is 2.68. The summed E-state index contributed by atoms with van der Waals surface area (Å²) in [6.07, 6.45) is 1.58. The molecule has 0 unspecified atom stereocenters. The second-order valence-corrected chi connectivity index (χ2v) is 6.12. The Morgan fingerprint density at radius 3 is 2.64 bits per heavy atom. The first-order valence-corrected chi connectivity index (χ1v) is 7.95. The van der Waals surface area contributed by atoms with E-state index in [9.17, 15) is 4.79 Å². The van der Waals surface area contributed by atoms with Crippen LogP contribution in [0.25, 0.3) is 10.9 Å². The molecule has 128 valence electrons. The molecule has 0 bridgehead atoms. The molecule has 0 saturated carbocycles. The number of hydrogen-bond donors (Lipinski definition) is 2. The van der Waals surface area contributed by atoms with Crippen LogP contribution in [-0.2, 0) is 6.54 Å². The molecule has 0 fully saturated rings. The van der Waals surface area contributed by atoms with Crippen LogP contribution in [0, 0.1) is 6.92 Å². The van der Waals surface area contributed by atoms with Gasteiger partial charge in [0.05, 0.1) is 5.52 Å². The lowest BCUT2D eigenvalue weighted by molar-refractivity contribution is 0.0690. The van der Waals surface area contributed by atoms with E-state index >= 15 is 0 Å². The van der Waals surface area contributed by atoms with Crippen LogP contribution in [0.1, 0.15) is 21.7 Å². The van der Waals surface area contributed by atoms with Gasteiger partial charge in [-0.2, -0.15) is 0 Å². The smallest absolute Gasteiger partial charge is 0.354 e. The van der Waals surface area contributed by atoms with Crippen molar-refractivity contribution in [2.24, 2.45) is 0 Å². The van der Waals surface area contributed by atoms with Gasteiger partial charge < -0.3 is 15.3 Å². The van der Waals surface area contributed by atoms with Crippen LogP contribution >= 0.6 is 0 Å². The maximum atomic E-state index is 10.8. The number of carboxylic acid groups (broad SMARTS) is 1. The minimum absolute atomic E-state index is 0.0477. The number of carboxylic acids is 1. The van der Waals surface area contributed by atoms with Gasteiger partial charge in [0.1, 0.15) is 5.69 Å². The van der Waals surface area contributed by atoms with E-state index in [1.807, 2.05) is 33.2 Å². The van der Waals surface area contributed by atoms with Crippen molar-refractivity contribution < 1.29 is 9.90 Å². The van der Waals surface area contributed by atoms with Crippen LogP contribution in [0.2, 0.25) is 0 Å². The molecular weight excluding hydrogens is 316 g/mol. The van der Waals surface area contributed by atoms with Crippen molar-refractivity contribution in [1.82, 2.24) is 9.97 Å². The molecule has 0 atom stereocenters. The van der Waals surface area contributed by atoms with Crippen molar-refractivity contribution >= 4 is 28.2 Å². The number of carbonyl (C=O) groups is 1. The molecule has 2 N–H and O–H groups in total. The van der Waals surface area contributed by atoms with Crippen molar-refractivity contribution in [2.75, 3.05) is 24.3 Å². The molecule has 0 radical (unpaired) electrons. The highest BCUT2D eigenvalue weighted by Gasteiger charge is 2.08. The summed E-state index contributed by atoms with van der Waals surface area (Å²) >= 11 is 0. The van der Waals surface area contributed by atoms with Crippen LogP contribution < -0.4 is 10.2 Å². The first-order chi connectivity index (χ1) is 11.9. The lowest BCUT2D eigenvalue weighted by atomic mass is 10.1. The summed E-state index contributed by atoms with van der Waals surface area (Å²) in [5.74, 6) is -1.02. The molecule has 0 aliphatic rings. The number of rotatable bonds is 5. The average molecular weight is 336 g/mol. The summed E-state index contributed by atoms with van der Waals surface area (Å²) < 4.78 is 0. The summed E-state index contributed by atoms with van der Waals surface area (Å²) in [6.45, 7) is 2.56. The van der Waals surface area contributed by atoms with Crippen molar-refractivity contribution in [3.63, 3.8) is 0 Å². The highest BCUT2D eigenvalue weighted by Crippen LogP contribution is 2.28. The van der Waals surface area contributed by atoms with E-state index in [4.69, 9.17) is 5.11 Å². The van der Waals surface area contributed by atoms with Gasteiger partial charge in [-0.25, -0.2) is 9.78 Å². The highest BCUT2D eigenvalue weighted by molar-refractivity contribution is 5.94. The van der Waals surface area contributed by atoms with E-state index in [0.29, 0.717) is 6.54 Å². The van der Waals surface area contributed by atoms with Gasteiger partial charge in [-0.15, -0.1) is 0 Å². The molecule has 3 rings (SSSR count). The van der Waals surface area contributed by atoms with Crippen LogP contribution in [0.5, 0.6) is 0 Å². The van der Waals surface area contributed by atoms with Gasteiger partial charge in [-0.05, 0) is 42.8 Å². The maximum Gasteiger partial charge on any atom is 0.354 e. The Kier molecular flexibility index (Phi) is 4.52. The normalized spacial score (nSPS) is 10.7. The number of benzene rings is 1. The summed E-state index contributed by atoms with van der Waals surface area (Å²) in [6, 6.07) is 11.4. The molecule has 6 heteroatoms. The Labute approximate surface area is 146 Å². The molecule has 0 aliphatic carbocycles. The first kappa shape index (κ1) is 16.7. The van der Waals surface area contributed by atoms with E-state index in [-0.39, 0.29) is 5.69 Å². The van der Waals surface area contributed by atoms with Gasteiger partial charge in [0.25, 0.3) is 0 Å². The molecule has 0 amide bonds. The second kappa shape index (κ2) is 6.76. The summed E-state index contributed by atoms with van der Waals surface area (Å²) in [5.41, 5.74) is 5.01. The molecule has 25 heavy (non-hydrogen) atoms. The molecule has 0 spiro atoms. The average Bonchev–Trinajstić information content (AvgIpc) is 2.59. The summed E-state index contributed by atoms with van der Waals surface area (Å²) in [7, 11) is 4.04. The first-order valence-electron chi connectivity index (χ1n) is 7.95. The SMILES string of the molecule is Cc1cc(N(C)C)c2cc(NCc3ccc(C(=O)O)nc3)ccc2n1. The maximum absolute atomic E-state index is 10.8. The molecule has 2 heterocycles. The minimum atomic E-state index is -1.02. The van der Waals surface area contributed by atoms with Crippen LogP contribution in [0.3, 0.4) is 0 Å². The lowest BCUT2D eigenvalue weighted by Crippen LogP contribution is -2.10. The van der Waals surface area contributed by atoms with Gasteiger partial charge in [-0.1, -0.05) is 6.07 Å². The van der Waals surface area contributed by atoms with Gasteiger partial charge >= 0.3 is 5.97 Å². The second-order valence-electron chi connectivity index (χ2n) is 6.12. The molecule has 0 saturated heterocycles. The standard InChI is InChI=1S/C19H20N4O2/c1-12-8-18(23(2)3)15-9-14(5-7-16(15)22-12)20-10-13-4-6-17(19(24)25)21-11-13/h4-9,11,20H,10H2,1-3H3,(H,24,25). The number of fused-ring (bicyclic) bond motifs is 1. The third kappa shape index (κ3) is 3.68. The van der Waals surface area contributed by atoms with Crippen molar-refractivity contribution in [1.29, 1.82) is 0 Å². The fraction of sp³-hybridized carbons (Fsp3) is 0.211.